The van der Waals surface area contributed by atoms with Gasteiger partial charge in [-0.2, -0.15) is 0 Å². The number of morpholine rings is 1. The van der Waals surface area contributed by atoms with E-state index in [4.69, 9.17) is 15.2 Å². The molecule has 0 aromatic heterocycles. The first kappa shape index (κ1) is 14.3. The minimum Gasteiger partial charge on any atom is -0.496 e. The molecule has 3 N–H and O–H groups in total. The maximum Gasteiger partial charge on any atom is 0.124 e. The normalized spacial score (nSPS) is 21.2. The molecule has 0 amide bonds. The van der Waals surface area contributed by atoms with Gasteiger partial charge in [0, 0.05) is 13.1 Å². The number of nitrogens with two attached hydrogens (primary N) is 1. The molecule has 1 saturated heterocycles. The summed E-state index contributed by atoms with van der Waals surface area (Å²) in [5.41, 5.74) is 11.0. The fraction of sp³-hybridized carbons (Fsp3) is 0.600. The maximum absolute atomic E-state index is 6.39. The lowest BCUT2D eigenvalue weighted by Crippen LogP contribution is -2.44. The standard InChI is InChI=1S/C15H24N2O2/c1-9-7-12(10(2)11(3)15(9)18-4)14(16)13-8-17-5-6-19-13/h7,13-14,17H,5-6,8,16H2,1-4H3. The summed E-state index contributed by atoms with van der Waals surface area (Å²) >= 11 is 0. The monoisotopic (exact) mass is 264 g/mol. The van der Waals surface area contributed by atoms with Crippen LogP contribution in [0, 0.1) is 20.8 Å². The Labute approximate surface area is 115 Å². The molecule has 1 heterocycles. The molecule has 0 bridgehead atoms. The minimum absolute atomic E-state index is 0.0413. The maximum atomic E-state index is 6.39. The highest BCUT2D eigenvalue weighted by Gasteiger charge is 2.25. The second-order valence-corrected chi connectivity index (χ2v) is 5.21. The van der Waals surface area contributed by atoms with Crippen molar-refractivity contribution in [1.29, 1.82) is 0 Å². The molecular formula is C15H24N2O2. The molecule has 1 aliphatic rings. The fourth-order valence-electron chi connectivity index (χ4n) is 2.77. The van der Waals surface area contributed by atoms with Crippen LogP contribution < -0.4 is 15.8 Å². The quantitative estimate of drug-likeness (QED) is 0.871. The van der Waals surface area contributed by atoms with E-state index >= 15 is 0 Å². The molecule has 2 unspecified atom stereocenters. The molecule has 19 heavy (non-hydrogen) atoms. The third-order valence-corrected chi connectivity index (χ3v) is 3.99. The van der Waals surface area contributed by atoms with Crippen molar-refractivity contribution in [3.05, 3.63) is 28.3 Å². The Morgan fingerprint density at radius 3 is 2.68 bits per heavy atom. The average molecular weight is 264 g/mol. The first-order chi connectivity index (χ1) is 9.06. The highest BCUT2D eigenvalue weighted by Crippen LogP contribution is 2.32. The SMILES string of the molecule is COc1c(C)cc(C(N)C2CNCCO2)c(C)c1C. The Bertz CT molecular complexity index is 454. The van der Waals surface area contributed by atoms with E-state index in [0.717, 1.165) is 42.1 Å². The van der Waals surface area contributed by atoms with Gasteiger partial charge in [-0.3, -0.25) is 0 Å². The fourth-order valence-corrected chi connectivity index (χ4v) is 2.77. The summed E-state index contributed by atoms with van der Waals surface area (Å²) in [4.78, 5) is 0. The van der Waals surface area contributed by atoms with Crippen molar-refractivity contribution in [2.75, 3.05) is 26.8 Å². The number of hydrogen-bond acceptors (Lipinski definition) is 4. The minimum atomic E-state index is -0.101. The lowest BCUT2D eigenvalue weighted by atomic mass is 9.91. The molecule has 0 aliphatic carbocycles. The topological polar surface area (TPSA) is 56.5 Å². The zero-order valence-corrected chi connectivity index (χ0v) is 12.2. The van der Waals surface area contributed by atoms with E-state index in [9.17, 15) is 0 Å². The number of hydrogen-bond donors (Lipinski definition) is 2. The number of rotatable bonds is 3. The Morgan fingerprint density at radius 1 is 1.37 bits per heavy atom. The van der Waals surface area contributed by atoms with Gasteiger partial charge in [0.1, 0.15) is 5.75 Å². The van der Waals surface area contributed by atoms with Gasteiger partial charge in [-0.1, -0.05) is 6.07 Å². The van der Waals surface area contributed by atoms with Crippen molar-refractivity contribution < 1.29 is 9.47 Å². The Balaban J connectivity index is 2.33. The van der Waals surface area contributed by atoms with Crippen LogP contribution in [-0.4, -0.2) is 32.9 Å². The van der Waals surface area contributed by atoms with Gasteiger partial charge >= 0.3 is 0 Å². The van der Waals surface area contributed by atoms with E-state index in [1.165, 1.54) is 5.56 Å². The van der Waals surface area contributed by atoms with Crippen molar-refractivity contribution in [1.82, 2.24) is 5.32 Å². The number of benzene rings is 1. The van der Waals surface area contributed by atoms with Gasteiger partial charge in [-0.25, -0.2) is 0 Å². The summed E-state index contributed by atoms with van der Waals surface area (Å²) < 4.78 is 11.2. The summed E-state index contributed by atoms with van der Waals surface area (Å²) in [7, 11) is 1.71. The third-order valence-electron chi connectivity index (χ3n) is 3.99. The number of methoxy groups -OCH3 is 1. The van der Waals surface area contributed by atoms with Gasteiger partial charge in [0.15, 0.2) is 0 Å². The molecule has 0 spiro atoms. The smallest absolute Gasteiger partial charge is 0.124 e. The van der Waals surface area contributed by atoms with Crippen LogP contribution in [0.3, 0.4) is 0 Å². The summed E-state index contributed by atoms with van der Waals surface area (Å²) in [6.45, 7) is 8.68. The first-order valence-electron chi connectivity index (χ1n) is 6.78. The molecule has 1 fully saturated rings. The lowest BCUT2D eigenvalue weighted by molar-refractivity contribution is 0.0121. The van der Waals surface area contributed by atoms with Crippen LogP contribution in [0.1, 0.15) is 28.3 Å². The molecular weight excluding hydrogens is 240 g/mol. The van der Waals surface area contributed by atoms with Crippen LogP contribution >= 0.6 is 0 Å². The van der Waals surface area contributed by atoms with Crippen molar-refractivity contribution in [3.8, 4) is 5.75 Å². The Morgan fingerprint density at radius 2 is 2.11 bits per heavy atom. The van der Waals surface area contributed by atoms with E-state index in [-0.39, 0.29) is 12.1 Å². The molecule has 0 radical (unpaired) electrons. The number of nitrogens with one attached hydrogen (secondary N) is 1. The highest BCUT2D eigenvalue weighted by molar-refractivity contribution is 5.50. The van der Waals surface area contributed by atoms with Crippen LogP contribution in [0.5, 0.6) is 5.75 Å². The number of ether oxygens (including phenoxy) is 2. The van der Waals surface area contributed by atoms with Crippen molar-refractivity contribution in [2.45, 2.75) is 32.9 Å². The van der Waals surface area contributed by atoms with Gasteiger partial charge in [0.2, 0.25) is 0 Å². The second kappa shape index (κ2) is 5.90. The molecule has 2 atom stereocenters. The van der Waals surface area contributed by atoms with Crippen LogP contribution in [0.15, 0.2) is 6.07 Å². The largest absolute Gasteiger partial charge is 0.496 e. The predicted molar refractivity (Wildman–Crippen MR) is 76.7 cm³/mol. The second-order valence-electron chi connectivity index (χ2n) is 5.21. The van der Waals surface area contributed by atoms with E-state index in [2.05, 4.69) is 32.2 Å². The van der Waals surface area contributed by atoms with Gasteiger partial charge in [-0.05, 0) is 43.0 Å². The summed E-state index contributed by atoms with van der Waals surface area (Å²) in [5, 5.41) is 3.33. The third kappa shape index (κ3) is 2.76. The molecule has 2 rings (SSSR count). The van der Waals surface area contributed by atoms with Crippen LogP contribution in [-0.2, 0) is 4.74 Å². The summed E-state index contributed by atoms with van der Waals surface area (Å²) in [6, 6.07) is 2.03. The van der Waals surface area contributed by atoms with Crippen molar-refractivity contribution >= 4 is 0 Å². The molecule has 4 nitrogen and oxygen atoms in total. The van der Waals surface area contributed by atoms with E-state index in [1.807, 2.05) is 0 Å². The summed E-state index contributed by atoms with van der Waals surface area (Å²) in [5.74, 6) is 0.955. The van der Waals surface area contributed by atoms with E-state index < -0.39 is 0 Å². The van der Waals surface area contributed by atoms with Gasteiger partial charge in [0.25, 0.3) is 0 Å². The zero-order valence-electron chi connectivity index (χ0n) is 12.2. The molecule has 1 aromatic rings. The van der Waals surface area contributed by atoms with Crippen LogP contribution in [0.25, 0.3) is 0 Å². The van der Waals surface area contributed by atoms with Gasteiger partial charge in [0.05, 0.1) is 25.9 Å². The van der Waals surface area contributed by atoms with E-state index in [0.29, 0.717) is 0 Å². The molecule has 106 valence electrons. The molecule has 0 saturated carbocycles. The Kier molecular flexibility index (Phi) is 4.45. The molecule has 4 heteroatoms. The van der Waals surface area contributed by atoms with Crippen molar-refractivity contribution in [3.63, 3.8) is 0 Å². The molecule has 1 aromatic carbocycles. The van der Waals surface area contributed by atoms with E-state index in [1.54, 1.807) is 7.11 Å². The van der Waals surface area contributed by atoms with Gasteiger partial charge < -0.3 is 20.5 Å². The number of aryl methyl sites for hydroxylation is 1. The predicted octanol–water partition coefficient (Wildman–Crippen LogP) is 1.61. The van der Waals surface area contributed by atoms with Crippen LogP contribution in [0.4, 0.5) is 0 Å². The first-order valence-corrected chi connectivity index (χ1v) is 6.78. The average Bonchev–Trinajstić information content (AvgIpc) is 2.43. The molecule has 1 aliphatic heterocycles. The summed E-state index contributed by atoms with van der Waals surface area (Å²) in [6.07, 6.45) is 0.0413. The Hall–Kier alpha value is -1.10. The van der Waals surface area contributed by atoms with Crippen molar-refractivity contribution in [2.24, 2.45) is 5.73 Å². The zero-order chi connectivity index (χ0) is 14.0. The highest BCUT2D eigenvalue weighted by atomic mass is 16.5. The lowest BCUT2D eigenvalue weighted by Gasteiger charge is -2.30. The van der Waals surface area contributed by atoms with Gasteiger partial charge in [-0.15, -0.1) is 0 Å². The van der Waals surface area contributed by atoms with Crippen LogP contribution in [0.2, 0.25) is 0 Å².